The fourth-order valence-electron chi connectivity index (χ4n) is 4.17. The molecule has 1 fully saturated rings. The highest BCUT2D eigenvalue weighted by Crippen LogP contribution is 2.26. The lowest BCUT2D eigenvalue weighted by molar-refractivity contribution is 0.0997. The van der Waals surface area contributed by atoms with Gasteiger partial charge in [-0.3, -0.25) is 4.79 Å². The van der Waals surface area contributed by atoms with Crippen molar-refractivity contribution in [3.63, 3.8) is 0 Å². The third-order valence-electron chi connectivity index (χ3n) is 6.03. The predicted molar refractivity (Wildman–Crippen MR) is 124 cm³/mol. The van der Waals surface area contributed by atoms with Crippen molar-refractivity contribution < 1.29 is 17.6 Å². The van der Waals surface area contributed by atoms with Crippen LogP contribution in [0.15, 0.2) is 52.4 Å². The van der Waals surface area contributed by atoms with Gasteiger partial charge < -0.3 is 4.57 Å². The topological polar surface area (TPSA) is 71.7 Å². The van der Waals surface area contributed by atoms with Crippen molar-refractivity contribution in [2.24, 2.45) is 4.99 Å². The molecule has 0 N–H and O–H groups in total. The zero-order valence-corrected chi connectivity index (χ0v) is 19.8. The van der Waals surface area contributed by atoms with Crippen LogP contribution in [0.2, 0.25) is 0 Å². The van der Waals surface area contributed by atoms with Crippen molar-refractivity contribution in [2.45, 2.75) is 56.5 Å². The molecular formula is C23H26FN3O3S2. The first-order chi connectivity index (χ1) is 15.3. The Morgan fingerprint density at radius 2 is 1.84 bits per heavy atom. The SMILES string of the molecule is CCn1c(=NC(=O)c2ccc(S(=O)(=O)N(C)C3CCCCC3)cc2)sc2cc(F)ccc21. The first kappa shape index (κ1) is 22.8. The van der Waals surface area contributed by atoms with Gasteiger partial charge in [0.1, 0.15) is 5.82 Å². The first-order valence-electron chi connectivity index (χ1n) is 10.8. The van der Waals surface area contributed by atoms with E-state index in [9.17, 15) is 17.6 Å². The monoisotopic (exact) mass is 475 g/mol. The molecule has 0 atom stereocenters. The van der Waals surface area contributed by atoms with E-state index >= 15 is 0 Å². The van der Waals surface area contributed by atoms with E-state index in [0.717, 1.165) is 37.6 Å². The van der Waals surface area contributed by atoms with Crippen LogP contribution >= 0.6 is 11.3 Å². The fourth-order valence-corrected chi connectivity index (χ4v) is 6.70. The second kappa shape index (κ2) is 9.25. The number of carbonyl (C=O) groups excluding carboxylic acids is 1. The molecule has 1 aromatic heterocycles. The summed E-state index contributed by atoms with van der Waals surface area (Å²) >= 11 is 1.25. The van der Waals surface area contributed by atoms with Gasteiger partial charge in [-0.25, -0.2) is 12.8 Å². The maximum Gasteiger partial charge on any atom is 0.279 e. The van der Waals surface area contributed by atoms with E-state index < -0.39 is 15.9 Å². The number of halogens is 1. The van der Waals surface area contributed by atoms with Crippen LogP contribution in [0.3, 0.4) is 0 Å². The third-order valence-corrected chi connectivity index (χ3v) is 8.99. The zero-order valence-electron chi connectivity index (χ0n) is 18.1. The number of benzene rings is 2. The third kappa shape index (κ3) is 4.42. The van der Waals surface area contributed by atoms with Crippen LogP contribution in [-0.2, 0) is 16.6 Å². The maximum atomic E-state index is 13.6. The molecule has 1 amide bonds. The van der Waals surface area contributed by atoms with Gasteiger partial charge in [-0.1, -0.05) is 30.6 Å². The summed E-state index contributed by atoms with van der Waals surface area (Å²) in [6, 6.07) is 10.4. The average molecular weight is 476 g/mol. The zero-order chi connectivity index (χ0) is 22.9. The van der Waals surface area contributed by atoms with Crippen LogP contribution in [0.25, 0.3) is 10.2 Å². The number of rotatable bonds is 5. The Hall–Kier alpha value is -2.36. The van der Waals surface area contributed by atoms with E-state index in [2.05, 4.69) is 4.99 Å². The number of aryl methyl sites for hydroxylation is 1. The van der Waals surface area contributed by atoms with E-state index in [4.69, 9.17) is 0 Å². The van der Waals surface area contributed by atoms with Gasteiger partial charge in [-0.2, -0.15) is 9.30 Å². The number of amides is 1. The van der Waals surface area contributed by atoms with Crippen molar-refractivity contribution in [1.29, 1.82) is 0 Å². The molecule has 0 aliphatic heterocycles. The van der Waals surface area contributed by atoms with Crippen molar-refractivity contribution in [2.75, 3.05) is 7.05 Å². The maximum absolute atomic E-state index is 13.6. The van der Waals surface area contributed by atoms with Crippen LogP contribution in [0, 0.1) is 5.82 Å². The number of aromatic nitrogens is 1. The first-order valence-corrected chi connectivity index (χ1v) is 13.0. The summed E-state index contributed by atoms with van der Waals surface area (Å²) in [6.45, 7) is 2.52. The molecule has 0 saturated heterocycles. The van der Waals surface area contributed by atoms with Gasteiger partial charge >= 0.3 is 0 Å². The van der Waals surface area contributed by atoms with Crippen molar-refractivity contribution in [1.82, 2.24) is 8.87 Å². The molecule has 3 aromatic rings. The van der Waals surface area contributed by atoms with Gasteiger partial charge in [0, 0.05) is 25.2 Å². The lowest BCUT2D eigenvalue weighted by Crippen LogP contribution is -2.38. The van der Waals surface area contributed by atoms with Crippen LogP contribution in [-0.4, -0.2) is 36.3 Å². The number of sulfonamides is 1. The predicted octanol–water partition coefficient (Wildman–Crippen LogP) is 4.56. The minimum Gasteiger partial charge on any atom is -0.317 e. The minimum atomic E-state index is -3.62. The Bertz CT molecular complexity index is 1300. The molecule has 0 bridgehead atoms. The molecule has 1 aliphatic carbocycles. The molecule has 0 unspecified atom stereocenters. The van der Waals surface area contributed by atoms with Crippen LogP contribution in [0.4, 0.5) is 4.39 Å². The summed E-state index contributed by atoms with van der Waals surface area (Å²) in [4.78, 5) is 17.6. The number of carbonyl (C=O) groups is 1. The number of thiazole rings is 1. The Labute approximate surface area is 191 Å². The van der Waals surface area contributed by atoms with E-state index in [1.165, 1.54) is 52.0 Å². The lowest BCUT2D eigenvalue weighted by atomic mass is 9.96. The molecule has 32 heavy (non-hydrogen) atoms. The quantitative estimate of drug-likeness (QED) is 0.543. The van der Waals surface area contributed by atoms with Gasteiger partial charge in [-0.05, 0) is 62.2 Å². The largest absolute Gasteiger partial charge is 0.317 e. The molecule has 2 aromatic carbocycles. The highest BCUT2D eigenvalue weighted by molar-refractivity contribution is 7.89. The number of hydrogen-bond donors (Lipinski definition) is 0. The summed E-state index contributed by atoms with van der Waals surface area (Å²) < 4.78 is 43.6. The van der Waals surface area contributed by atoms with E-state index in [1.807, 2.05) is 11.5 Å². The molecular weight excluding hydrogens is 449 g/mol. The molecule has 1 saturated carbocycles. The molecule has 4 rings (SSSR count). The Morgan fingerprint density at radius 3 is 2.50 bits per heavy atom. The summed E-state index contributed by atoms with van der Waals surface area (Å²) in [7, 11) is -1.99. The van der Waals surface area contributed by atoms with Crippen LogP contribution in [0.1, 0.15) is 49.4 Å². The van der Waals surface area contributed by atoms with Crippen molar-refractivity contribution in [3.05, 3.63) is 58.6 Å². The van der Waals surface area contributed by atoms with Crippen molar-refractivity contribution >= 4 is 37.5 Å². The molecule has 170 valence electrons. The molecule has 0 radical (unpaired) electrons. The van der Waals surface area contributed by atoms with E-state index in [-0.39, 0.29) is 16.8 Å². The number of fused-ring (bicyclic) bond motifs is 1. The average Bonchev–Trinajstić information content (AvgIpc) is 3.14. The normalized spacial score (nSPS) is 16.2. The fraction of sp³-hybridized carbons (Fsp3) is 0.391. The molecule has 9 heteroatoms. The standard InChI is InChI=1S/C23H26FN3O3S2/c1-3-27-20-14-11-17(24)15-21(20)31-23(27)25-22(28)16-9-12-19(13-10-16)32(29,30)26(2)18-7-5-4-6-8-18/h9-15,18H,3-8H2,1-2H3. The van der Waals surface area contributed by atoms with Gasteiger partial charge in [-0.15, -0.1) is 0 Å². The molecule has 0 spiro atoms. The lowest BCUT2D eigenvalue weighted by Gasteiger charge is -2.30. The summed E-state index contributed by atoms with van der Waals surface area (Å²) in [5.74, 6) is -0.807. The highest BCUT2D eigenvalue weighted by atomic mass is 32.2. The van der Waals surface area contributed by atoms with Gasteiger partial charge in [0.2, 0.25) is 10.0 Å². The van der Waals surface area contributed by atoms with Crippen LogP contribution < -0.4 is 4.80 Å². The Kier molecular flexibility index (Phi) is 6.60. The van der Waals surface area contributed by atoms with Gasteiger partial charge in [0.05, 0.1) is 15.1 Å². The smallest absolute Gasteiger partial charge is 0.279 e. The van der Waals surface area contributed by atoms with E-state index in [1.54, 1.807) is 13.1 Å². The second-order valence-corrected chi connectivity index (χ2v) is 11.0. The molecule has 1 heterocycles. The van der Waals surface area contributed by atoms with Crippen LogP contribution in [0.5, 0.6) is 0 Å². The molecule has 1 aliphatic rings. The number of hydrogen-bond acceptors (Lipinski definition) is 4. The second-order valence-electron chi connectivity index (χ2n) is 8.00. The Morgan fingerprint density at radius 1 is 1.16 bits per heavy atom. The summed E-state index contributed by atoms with van der Waals surface area (Å²) in [6.07, 6.45) is 4.99. The number of nitrogens with zero attached hydrogens (tertiary/aromatic N) is 3. The van der Waals surface area contributed by atoms with Gasteiger partial charge in [0.15, 0.2) is 4.80 Å². The molecule has 6 nitrogen and oxygen atoms in total. The summed E-state index contributed by atoms with van der Waals surface area (Å²) in [5.41, 5.74) is 1.12. The minimum absolute atomic E-state index is 0.0207. The summed E-state index contributed by atoms with van der Waals surface area (Å²) in [5, 5.41) is 0. The highest BCUT2D eigenvalue weighted by Gasteiger charge is 2.29. The van der Waals surface area contributed by atoms with E-state index in [0.29, 0.717) is 21.6 Å². The van der Waals surface area contributed by atoms with Crippen molar-refractivity contribution in [3.8, 4) is 0 Å². The van der Waals surface area contributed by atoms with Gasteiger partial charge in [0.25, 0.3) is 5.91 Å². The Balaban J connectivity index is 1.60.